The highest BCUT2D eigenvalue weighted by Crippen LogP contribution is 2.23. The second-order valence-electron chi connectivity index (χ2n) is 7.70. The number of aromatic nitrogens is 2. The van der Waals surface area contributed by atoms with Crippen molar-refractivity contribution in [2.24, 2.45) is 0 Å². The fourth-order valence-corrected chi connectivity index (χ4v) is 4.03. The maximum absolute atomic E-state index is 11.6. The Morgan fingerprint density at radius 1 is 1.13 bits per heavy atom. The Kier molecular flexibility index (Phi) is 4.74. The van der Waals surface area contributed by atoms with E-state index in [1.807, 2.05) is 30.5 Å². The third-order valence-electron chi connectivity index (χ3n) is 5.75. The Balaban J connectivity index is 1.24. The molecule has 5 rings (SSSR count). The van der Waals surface area contributed by atoms with Crippen LogP contribution >= 0.6 is 0 Å². The highest BCUT2D eigenvalue weighted by atomic mass is 16.5. The summed E-state index contributed by atoms with van der Waals surface area (Å²) in [5.41, 5.74) is 6.75. The number of benzene rings is 2. The summed E-state index contributed by atoms with van der Waals surface area (Å²) in [4.78, 5) is 23.3. The summed E-state index contributed by atoms with van der Waals surface area (Å²) in [5.74, 6) is 0.492. The number of carbonyl (C=O) groups excluding carboxylic acids is 1. The van der Waals surface area contributed by atoms with Crippen molar-refractivity contribution in [3.8, 4) is 17.5 Å². The first-order chi connectivity index (χ1) is 14.7. The third-order valence-corrected chi connectivity index (χ3v) is 5.75. The molecule has 0 spiro atoms. The van der Waals surface area contributed by atoms with E-state index >= 15 is 0 Å². The van der Waals surface area contributed by atoms with E-state index < -0.39 is 0 Å². The standard InChI is InChI=1S/C24H20N4O2/c25-12-17-1-4-18(5-2-17)23-26-13-20-14-28(10-8-22(20)27-23)9-7-16-3-6-21-19(11-16)15-30-24(21)29/h1-6,11,13H,7-10,14-15H2. The topological polar surface area (TPSA) is 79.1 Å². The number of nitrogens with zero attached hydrogens (tertiary/aromatic N) is 4. The van der Waals surface area contributed by atoms with Gasteiger partial charge in [0.1, 0.15) is 6.61 Å². The van der Waals surface area contributed by atoms with Crippen LogP contribution in [0.15, 0.2) is 48.7 Å². The van der Waals surface area contributed by atoms with Crippen LogP contribution in [0.4, 0.5) is 0 Å². The Morgan fingerprint density at radius 2 is 2.00 bits per heavy atom. The predicted molar refractivity (Wildman–Crippen MR) is 110 cm³/mol. The van der Waals surface area contributed by atoms with Crippen LogP contribution in [-0.4, -0.2) is 33.9 Å². The SMILES string of the molecule is N#Cc1ccc(-c2ncc3c(n2)CCN(CCc2ccc4c(c2)COC4=O)C3)cc1. The van der Waals surface area contributed by atoms with Gasteiger partial charge in [-0.15, -0.1) is 0 Å². The largest absolute Gasteiger partial charge is 0.457 e. The molecule has 2 aromatic carbocycles. The van der Waals surface area contributed by atoms with Crippen LogP contribution in [-0.2, 0) is 30.7 Å². The molecule has 30 heavy (non-hydrogen) atoms. The van der Waals surface area contributed by atoms with E-state index in [-0.39, 0.29) is 5.97 Å². The zero-order valence-electron chi connectivity index (χ0n) is 16.5. The summed E-state index contributed by atoms with van der Waals surface area (Å²) < 4.78 is 5.09. The number of nitriles is 1. The lowest BCUT2D eigenvalue weighted by Crippen LogP contribution is -2.33. The molecule has 3 aromatic rings. The monoisotopic (exact) mass is 396 g/mol. The average molecular weight is 396 g/mol. The average Bonchev–Trinajstić information content (AvgIpc) is 3.17. The van der Waals surface area contributed by atoms with Gasteiger partial charge in [-0.1, -0.05) is 12.1 Å². The first-order valence-corrected chi connectivity index (χ1v) is 10.1. The lowest BCUT2D eigenvalue weighted by Gasteiger charge is -2.28. The van der Waals surface area contributed by atoms with E-state index in [4.69, 9.17) is 15.0 Å². The molecule has 0 N–H and O–H groups in total. The van der Waals surface area contributed by atoms with Gasteiger partial charge in [-0.3, -0.25) is 4.90 Å². The Labute approximate surface area is 174 Å². The Bertz CT molecular complexity index is 1160. The quantitative estimate of drug-likeness (QED) is 0.630. The number of fused-ring (bicyclic) bond motifs is 2. The molecule has 2 aliphatic rings. The summed E-state index contributed by atoms with van der Waals surface area (Å²) in [6.45, 7) is 3.14. The summed E-state index contributed by atoms with van der Waals surface area (Å²) in [7, 11) is 0. The number of cyclic esters (lactones) is 1. The van der Waals surface area contributed by atoms with Crippen LogP contribution in [0, 0.1) is 11.3 Å². The first-order valence-electron chi connectivity index (χ1n) is 10.1. The molecule has 6 heteroatoms. The van der Waals surface area contributed by atoms with Crippen LogP contribution in [0.25, 0.3) is 11.4 Å². The summed E-state index contributed by atoms with van der Waals surface area (Å²) >= 11 is 0. The molecule has 0 amide bonds. The normalized spacial score (nSPS) is 15.2. The van der Waals surface area contributed by atoms with E-state index in [1.165, 1.54) is 11.1 Å². The van der Waals surface area contributed by atoms with Crippen LogP contribution in [0.3, 0.4) is 0 Å². The van der Waals surface area contributed by atoms with E-state index in [0.717, 1.165) is 49.3 Å². The molecule has 2 aliphatic heterocycles. The zero-order valence-corrected chi connectivity index (χ0v) is 16.5. The van der Waals surface area contributed by atoms with Gasteiger partial charge >= 0.3 is 5.97 Å². The number of hydrogen-bond acceptors (Lipinski definition) is 6. The number of rotatable bonds is 4. The van der Waals surface area contributed by atoms with E-state index in [9.17, 15) is 4.79 Å². The van der Waals surface area contributed by atoms with Crippen molar-refractivity contribution in [2.45, 2.75) is 26.0 Å². The van der Waals surface area contributed by atoms with Crippen LogP contribution < -0.4 is 0 Å². The molecular formula is C24H20N4O2. The maximum Gasteiger partial charge on any atom is 0.338 e. The fourth-order valence-electron chi connectivity index (χ4n) is 4.03. The molecule has 0 unspecified atom stereocenters. The van der Waals surface area contributed by atoms with Crippen molar-refractivity contribution in [1.82, 2.24) is 14.9 Å². The smallest absolute Gasteiger partial charge is 0.338 e. The number of carbonyl (C=O) groups is 1. The lowest BCUT2D eigenvalue weighted by atomic mass is 10.0. The molecule has 0 bridgehead atoms. The van der Waals surface area contributed by atoms with Gasteiger partial charge in [-0.2, -0.15) is 5.26 Å². The minimum absolute atomic E-state index is 0.218. The van der Waals surface area contributed by atoms with E-state index in [1.54, 1.807) is 12.1 Å². The van der Waals surface area contributed by atoms with Crippen LogP contribution in [0.1, 0.15) is 38.3 Å². The molecule has 0 saturated carbocycles. The Hall–Kier alpha value is -3.56. The van der Waals surface area contributed by atoms with Gasteiger partial charge < -0.3 is 4.74 Å². The summed E-state index contributed by atoms with van der Waals surface area (Å²) in [6, 6.07) is 15.5. The second kappa shape index (κ2) is 7.69. The molecule has 0 aliphatic carbocycles. The van der Waals surface area contributed by atoms with Crippen LogP contribution in [0.2, 0.25) is 0 Å². The van der Waals surface area contributed by atoms with Crippen molar-refractivity contribution in [3.05, 3.63) is 82.2 Å². The summed E-state index contributed by atoms with van der Waals surface area (Å²) in [6.07, 6.45) is 3.76. The van der Waals surface area contributed by atoms with Gasteiger partial charge in [0.05, 0.1) is 22.9 Å². The van der Waals surface area contributed by atoms with Crippen molar-refractivity contribution in [1.29, 1.82) is 5.26 Å². The van der Waals surface area contributed by atoms with Gasteiger partial charge in [0.25, 0.3) is 0 Å². The van der Waals surface area contributed by atoms with Crippen molar-refractivity contribution in [2.75, 3.05) is 13.1 Å². The highest BCUT2D eigenvalue weighted by Gasteiger charge is 2.22. The van der Waals surface area contributed by atoms with Gasteiger partial charge in [-0.05, 0) is 42.3 Å². The van der Waals surface area contributed by atoms with Gasteiger partial charge in [-0.25, -0.2) is 14.8 Å². The van der Waals surface area contributed by atoms with Crippen molar-refractivity contribution in [3.63, 3.8) is 0 Å². The molecule has 0 atom stereocenters. The Morgan fingerprint density at radius 3 is 2.83 bits per heavy atom. The fraction of sp³-hybridized carbons (Fsp3) is 0.250. The summed E-state index contributed by atoms with van der Waals surface area (Å²) in [5, 5.41) is 8.95. The molecule has 148 valence electrons. The minimum Gasteiger partial charge on any atom is -0.457 e. The molecule has 0 saturated heterocycles. The van der Waals surface area contributed by atoms with Crippen LogP contribution in [0.5, 0.6) is 0 Å². The molecule has 6 nitrogen and oxygen atoms in total. The number of hydrogen-bond donors (Lipinski definition) is 0. The zero-order chi connectivity index (χ0) is 20.5. The van der Waals surface area contributed by atoms with Gasteiger partial charge in [0, 0.05) is 48.9 Å². The first kappa shape index (κ1) is 18.5. The molecule has 1 aromatic heterocycles. The minimum atomic E-state index is -0.218. The van der Waals surface area contributed by atoms with Gasteiger partial charge in [0.2, 0.25) is 0 Å². The number of ether oxygens (including phenoxy) is 1. The predicted octanol–water partition coefficient (Wildman–Crippen LogP) is 3.29. The van der Waals surface area contributed by atoms with Gasteiger partial charge in [0.15, 0.2) is 5.82 Å². The maximum atomic E-state index is 11.6. The van der Waals surface area contributed by atoms with Crippen molar-refractivity contribution < 1.29 is 9.53 Å². The molecule has 0 radical (unpaired) electrons. The third kappa shape index (κ3) is 3.56. The van der Waals surface area contributed by atoms with E-state index in [2.05, 4.69) is 22.0 Å². The lowest BCUT2D eigenvalue weighted by molar-refractivity contribution is 0.0535. The van der Waals surface area contributed by atoms with E-state index in [0.29, 0.717) is 23.6 Å². The number of esters is 1. The molecule has 3 heterocycles. The van der Waals surface area contributed by atoms with Crippen molar-refractivity contribution >= 4 is 5.97 Å². The molecule has 0 fully saturated rings. The highest BCUT2D eigenvalue weighted by molar-refractivity contribution is 5.93. The molecular weight excluding hydrogens is 376 g/mol. The second-order valence-corrected chi connectivity index (χ2v) is 7.70.